The Morgan fingerprint density at radius 2 is 2.14 bits per heavy atom. The van der Waals surface area contributed by atoms with Crippen molar-refractivity contribution in [2.24, 2.45) is 0 Å². The molecule has 0 fully saturated rings. The monoisotopic (exact) mass is 286 g/mol. The highest BCUT2D eigenvalue weighted by molar-refractivity contribution is 5.97. The van der Waals surface area contributed by atoms with Crippen LogP contribution >= 0.6 is 0 Å². The van der Waals surface area contributed by atoms with E-state index in [0.29, 0.717) is 17.9 Å². The van der Waals surface area contributed by atoms with Gasteiger partial charge < -0.3 is 11.1 Å². The van der Waals surface area contributed by atoms with E-state index >= 15 is 0 Å². The van der Waals surface area contributed by atoms with Gasteiger partial charge in [-0.1, -0.05) is 24.3 Å². The van der Waals surface area contributed by atoms with Gasteiger partial charge in [0.2, 0.25) is 0 Å². The van der Waals surface area contributed by atoms with Gasteiger partial charge in [0.05, 0.1) is 5.69 Å². The van der Waals surface area contributed by atoms with Crippen LogP contribution in [0.2, 0.25) is 0 Å². The van der Waals surface area contributed by atoms with Crippen molar-refractivity contribution in [3.05, 3.63) is 47.3 Å². The second-order valence-corrected chi connectivity index (χ2v) is 5.29. The number of nitrogen functional groups attached to an aromatic ring is 1. The molecule has 2 aromatic rings. The number of hydrogen-bond acceptors (Lipinski definition) is 3. The molecule has 1 unspecified atom stereocenters. The number of carbonyl (C=O) groups excluding carboxylic acids is 1. The lowest BCUT2D eigenvalue weighted by Crippen LogP contribution is -2.35. The van der Waals surface area contributed by atoms with Gasteiger partial charge in [0.25, 0.3) is 5.91 Å². The third-order valence-corrected chi connectivity index (χ3v) is 3.49. The van der Waals surface area contributed by atoms with E-state index in [1.807, 2.05) is 26.0 Å². The molecule has 2 rings (SSSR count). The summed E-state index contributed by atoms with van der Waals surface area (Å²) in [6, 6.07) is 8.20. The first-order valence-electron chi connectivity index (χ1n) is 7.19. The van der Waals surface area contributed by atoms with Crippen molar-refractivity contribution in [2.75, 3.05) is 5.73 Å². The first-order chi connectivity index (χ1) is 10.0. The second-order valence-electron chi connectivity index (χ2n) is 5.29. The number of amides is 1. The minimum absolute atomic E-state index is 0.0183. The Hall–Kier alpha value is -2.30. The van der Waals surface area contributed by atoms with Crippen LogP contribution in [0.25, 0.3) is 0 Å². The summed E-state index contributed by atoms with van der Waals surface area (Å²) < 4.78 is 1.66. The van der Waals surface area contributed by atoms with Crippen LogP contribution in [0, 0.1) is 6.92 Å². The number of aromatic nitrogens is 2. The van der Waals surface area contributed by atoms with Gasteiger partial charge in [0.15, 0.2) is 5.69 Å². The molecule has 1 aromatic carbocycles. The Morgan fingerprint density at radius 3 is 2.76 bits per heavy atom. The first kappa shape index (κ1) is 15.1. The number of anilines is 1. The minimum atomic E-state index is -0.221. The van der Waals surface area contributed by atoms with Crippen LogP contribution in [-0.2, 0) is 13.0 Å². The molecule has 112 valence electrons. The normalized spacial score (nSPS) is 12.1. The van der Waals surface area contributed by atoms with Gasteiger partial charge in [0.1, 0.15) is 0 Å². The van der Waals surface area contributed by atoms with Gasteiger partial charge in [-0.05, 0) is 38.3 Å². The lowest BCUT2D eigenvalue weighted by Gasteiger charge is -2.14. The van der Waals surface area contributed by atoms with E-state index in [-0.39, 0.29) is 11.9 Å². The largest absolute Gasteiger partial charge is 0.396 e. The second kappa shape index (κ2) is 6.43. The first-order valence-corrected chi connectivity index (χ1v) is 7.19. The smallest absolute Gasteiger partial charge is 0.274 e. The van der Waals surface area contributed by atoms with E-state index in [1.54, 1.807) is 10.9 Å². The Kier molecular flexibility index (Phi) is 4.62. The molecular weight excluding hydrogens is 264 g/mol. The molecule has 0 aliphatic rings. The van der Waals surface area contributed by atoms with Crippen molar-refractivity contribution in [3.8, 4) is 0 Å². The molecule has 5 heteroatoms. The van der Waals surface area contributed by atoms with Crippen molar-refractivity contribution >= 4 is 11.6 Å². The van der Waals surface area contributed by atoms with Crippen LogP contribution in [0.5, 0.6) is 0 Å². The van der Waals surface area contributed by atoms with E-state index in [9.17, 15) is 4.79 Å². The van der Waals surface area contributed by atoms with Crippen LogP contribution in [0.1, 0.15) is 35.5 Å². The van der Waals surface area contributed by atoms with E-state index in [4.69, 9.17) is 5.73 Å². The van der Waals surface area contributed by atoms with Crippen molar-refractivity contribution in [1.29, 1.82) is 0 Å². The maximum absolute atomic E-state index is 12.2. The molecule has 5 nitrogen and oxygen atoms in total. The molecule has 3 N–H and O–H groups in total. The molecule has 0 aliphatic carbocycles. The molecule has 0 radical (unpaired) electrons. The number of benzene rings is 1. The molecule has 1 atom stereocenters. The van der Waals surface area contributed by atoms with Gasteiger partial charge >= 0.3 is 0 Å². The summed E-state index contributed by atoms with van der Waals surface area (Å²) in [6.07, 6.45) is 2.47. The molecular formula is C16H22N4O. The Morgan fingerprint density at radius 1 is 1.43 bits per heavy atom. The fourth-order valence-electron chi connectivity index (χ4n) is 2.29. The fourth-order valence-corrected chi connectivity index (χ4v) is 2.29. The average molecular weight is 286 g/mol. The van der Waals surface area contributed by atoms with E-state index in [2.05, 4.69) is 29.5 Å². The molecule has 0 saturated heterocycles. The van der Waals surface area contributed by atoms with Gasteiger partial charge in [-0.3, -0.25) is 9.48 Å². The number of aryl methyl sites for hydroxylation is 2. The van der Waals surface area contributed by atoms with Crippen LogP contribution in [0.3, 0.4) is 0 Å². The number of rotatable bonds is 5. The Bertz CT molecular complexity index is 633. The minimum Gasteiger partial charge on any atom is -0.396 e. The van der Waals surface area contributed by atoms with Crippen LogP contribution in [0.15, 0.2) is 30.5 Å². The molecule has 0 saturated carbocycles. The molecule has 21 heavy (non-hydrogen) atoms. The summed E-state index contributed by atoms with van der Waals surface area (Å²) in [6.45, 7) is 6.70. The van der Waals surface area contributed by atoms with Crippen molar-refractivity contribution in [1.82, 2.24) is 15.1 Å². The SMILES string of the molecule is CCn1cc(N)c(C(=O)NC(C)Cc2ccccc2C)n1. The van der Waals surface area contributed by atoms with Crippen molar-refractivity contribution in [2.45, 2.75) is 39.8 Å². The number of nitrogens with two attached hydrogens (primary N) is 1. The van der Waals surface area contributed by atoms with Crippen molar-refractivity contribution in [3.63, 3.8) is 0 Å². The zero-order valence-electron chi connectivity index (χ0n) is 12.8. The standard InChI is InChI=1S/C16H22N4O/c1-4-20-10-14(17)15(19-20)16(21)18-12(3)9-13-8-6-5-7-11(13)2/h5-8,10,12H,4,9,17H2,1-3H3,(H,18,21). The lowest BCUT2D eigenvalue weighted by atomic mass is 10.0. The number of hydrogen-bond donors (Lipinski definition) is 2. The predicted molar refractivity (Wildman–Crippen MR) is 84.1 cm³/mol. The van der Waals surface area contributed by atoms with Crippen molar-refractivity contribution < 1.29 is 4.79 Å². The maximum atomic E-state index is 12.2. The Labute approximate surface area is 125 Å². The van der Waals surface area contributed by atoms with E-state index in [1.165, 1.54) is 11.1 Å². The third-order valence-electron chi connectivity index (χ3n) is 3.49. The molecule has 1 amide bonds. The topological polar surface area (TPSA) is 72.9 Å². The zero-order valence-corrected chi connectivity index (χ0v) is 12.8. The highest BCUT2D eigenvalue weighted by Crippen LogP contribution is 2.12. The maximum Gasteiger partial charge on any atom is 0.274 e. The van der Waals surface area contributed by atoms with E-state index < -0.39 is 0 Å². The molecule has 1 heterocycles. The summed E-state index contributed by atoms with van der Waals surface area (Å²) >= 11 is 0. The van der Waals surface area contributed by atoms with Crippen LogP contribution in [0.4, 0.5) is 5.69 Å². The van der Waals surface area contributed by atoms with Gasteiger partial charge in [-0.25, -0.2) is 0 Å². The quantitative estimate of drug-likeness (QED) is 0.884. The average Bonchev–Trinajstić information content (AvgIpc) is 2.82. The fraction of sp³-hybridized carbons (Fsp3) is 0.375. The van der Waals surface area contributed by atoms with Crippen LogP contribution < -0.4 is 11.1 Å². The highest BCUT2D eigenvalue weighted by atomic mass is 16.2. The zero-order chi connectivity index (χ0) is 15.4. The predicted octanol–water partition coefficient (Wildman–Crippen LogP) is 2.15. The Balaban J connectivity index is 2.02. The summed E-state index contributed by atoms with van der Waals surface area (Å²) in [5.41, 5.74) is 9.00. The van der Waals surface area contributed by atoms with Gasteiger partial charge in [-0.15, -0.1) is 0 Å². The van der Waals surface area contributed by atoms with E-state index in [0.717, 1.165) is 6.42 Å². The summed E-state index contributed by atoms with van der Waals surface area (Å²) in [4.78, 5) is 12.2. The molecule has 0 bridgehead atoms. The molecule has 0 aliphatic heterocycles. The van der Waals surface area contributed by atoms with Gasteiger partial charge in [-0.2, -0.15) is 5.10 Å². The lowest BCUT2D eigenvalue weighted by molar-refractivity contribution is 0.0935. The molecule has 0 spiro atoms. The highest BCUT2D eigenvalue weighted by Gasteiger charge is 2.17. The number of carbonyl (C=O) groups is 1. The molecule has 1 aromatic heterocycles. The summed E-state index contributed by atoms with van der Waals surface area (Å²) in [7, 11) is 0. The third kappa shape index (κ3) is 3.62. The summed E-state index contributed by atoms with van der Waals surface area (Å²) in [5.74, 6) is -0.221. The summed E-state index contributed by atoms with van der Waals surface area (Å²) in [5, 5.41) is 7.14. The van der Waals surface area contributed by atoms with Crippen LogP contribution in [-0.4, -0.2) is 21.7 Å². The number of nitrogens with zero attached hydrogens (tertiary/aromatic N) is 2. The van der Waals surface area contributed by atoms with Gasteiger partial charge in [0, 0.05) is 18.8 Å². The number of nitrogens with one attached hydrogen (secondary N) is 1.